The van der Waals surface area contributed by atoms with E-state index in [1.165, 1.54) is 28.2 Å². The summed E-state index contributed by atoms with van der Waals surface area (Å²) in [5.41, 5.74) is 1.15. The zero-order valence-corrected chi connectivity index (χ0v) is 15.5. The number of pyridine rings is 1. The molecule has 4 rings (SSSR count). The predicted molar refractivity (Wildman–Crippen MR) is 96.9 cm³/mol. The Bertz CT molecular complexity index is 1050. The molecule has 1 aliphatic heterocycles. The van der Waals surface area contributed by atoms with Crippen LogP contribution in [-0.2, 0) is 15.8 Å². The number of sulfonamides is 1. The first-order chi connectivity index (χ1) is 12.6. The highest BCUT2D eigenvalue weighted by Crippen LogP contribution is 2.27. The third-order valence-electron chi connectivity index (χ3n) is 4.31. The van der Waals surface area contributed by atoms with Crippen molar-refractivity contribution in [1.29, 1.82) is 0 Å². The second-order valence-electron chi connectivity index (χ2n) is 6.08. The van der Waals surface area contributed by atoms with E-state index >= 15 is 0 Å². The van der Waals surface area contributed by atoms with Crippen LogP contribution in [0.4, 0.5) is 4.39 Å². The average Bonchev–Trinajstić information content (AvgIpc) is 3.30. The fraction of sp³-hybridized carbons (Fsp3) is 0.294. The molecule has 0 spiro atoms. The molecule has 1 saturated heterocycles. The average molecular weight is 392 g/mol. The molecule has 26 heavy (non-hydrogen) atoms. The molecule has 0 unspecified atom stereocenters. The third kappa shape index (κ3) is 3.22. The number of thioether (sulfide) groups is 1. The van der Waals surface area contributed by atoms with E-state index in [1.54, 1.807) is 28.8 Å². The van der Waals surface area contributed by atoms with E-state index in [1.807, 2.05) is 6.07 Å². The molecular formula is C17H17FN4O2S2. The van der Waals surface area contributed by atoms with Gasteiger partial charge in [-0.05, 0) is 42.7 Å². The van der Waals surface area contributed by atoms with Crippen LogP contribution in [-0.4, -0.2) is 40.4 Å². The Kier molecular flexibility index (Phi) is 4.68. The number of halogens is 1. The van der Waals surface area contributed by atoms with Crippen molar-refractivity contribution in [1.82, 2.24) is 18.9 Å². The summed E-state index contributed by atoms with van der Waals surface area (Å²) in [4.78, 5) is 0.173. The Morgan fingerprint density at radius 1 is 1.12 bits per heavy atom. The van der Waals surface area contributed by atoms with E-state index in [0.717, 1.165) is 18.4 Å². The minimum atomic E-state index is -3.57. The highest BCUT2D eigenvalue weighted by Gasteiger charge is 2.30. The van der Waals surface area contributed by atoms with Gasteiger partial charge in [-0.25, -0.2) is 12.8 Å². The van der Waals surface area contributed by atoms with Crippen molar-refractivity contribution < 1.29 is 12.8 Å². The summed E-state index contributed by atoms with van der Waals surface area (Å²) in [7, 11) is -3.57. The molecule has 9 heteroatoms. The highest BCUT2D eigenvalue weighted by atomic mass is 32.2. The van der Waals surface area contributed by atoms with Crippen molar-refractivity contribution in [2.75, 3.05) is 13.1 Å². The van der Waals surface area contributed by atoms with Crippen LogP contribution in [0.3, 0.4) is 0 Å². The van der Waals surface area contributed by atoms with Crippen molar-refractivity contribution in [2.45, 2.75) is 28.6 Å². The SMILES string of the molecule is O=S(=O)(c1cccn2c(SCc3cccc(F)c3)nnc12)N1CCCC1. The predicted octanol–water partition coefficient (Wildman–Crippen LogP) is 2.95. The monoisotopic (exact) mass is 392 g/mol. The van der Waals surface area contributed by atoms with Gasteiger partial charge in [0, 0.05) is 25.0 Å². The molecule has 0 atom stereocenters. The molecule has 0 saturated carbocycles. The van der Waals surface area contributed by atoms with Gasteiger partial charge < -0.3 is 0 Å². The Labute approximate surface area is 155 Å². The van der Waals surface area contributed by atoms with E-state index < -0.39 is 10.0 Å². The van der Waals surface area contributed by atoms with Crippen molar-refractivity contribution in [3.8, 4) is 0 Å². The van der Waals surface area contributed by atoms with Gasteiger partial charge in [0.25, 0.3) is 0 Å². The minimum Gasteiger partial charge on any atom is -0.276 e. The Hall–Kier alpha value is -1.97. The maximum atomic E-state index is 13.3. The smallest absolute Gasteiger partial charge is 0.246 e. The van der Waals surface area contributed by atoms with Crippen LogP contribution in [0.2, 0.25) is 0 Å². The number of hydrogen-bond acceptors (Lipinski definition) is 5. The Balaban J connectivity index is 1.65. The largest absolute Gasteiger partial charge is 0.276 e. The van der Waals surface area contributed by atoms with Crippen LogP contribution in [0.5, 0.6) is 0 Å². The molecule has 0 N–H and O–H groups in total. The first-order valence-corrected chi connectivity index (χ1v) is 10.7. The van der Waals surface area contributed by atoms with Crippen molar-refractivity contribution in [3.05, 3.63) is 54.0 Å². The Morgan fingerprint density at radius 2 is 1.92 bits per heavy atom. The molecule has 1 fully saturated rings. The second kappa shape index (κ2) is 6.98. The van der Waals surface area contributed by atoms with E-state index in [2.05, 4.69) is 10.2 Å². The quantitative estimate of drug-likeness (QED) is 0.625. The lowest BCUT2D eigenvalue weighted by atomic mass is 10.2. The summed E-state index contributed by atoms with van der Waals surface area (Å²) in [6, 6.07) is 9.62. The van der Waals surface area contributed by atoms with Crippen LogP contribution in [0.25, 0.3) is 5.65 Å². The Morgan fingerprint density at radius 3 is 2.69 bits per heavy atom. The van der Waals surface area contributed by atoms with Crippen LogP contribution >= 0.6 is 11.8 Å². The lowest BCUT2D eigenvalue weighted by Crippen LogP contribution is -2.28. The van der Waals surface area contributed by atoms with Crippen molar-refractivity contribution in [3.63, 3.8) is 0 Å². The molecule has 0 amide bonds. The second-order valence-corrected chi connectivity index (χ2v) is 8.93. The normalized spacial score (nSPS) is 15.7. The summed E-state index contributed by atoms with van der Waals surface area (Å²) < 4.78 is 42.2. The summed E-state index contributed by atoms with van der Waals surface area (Å²) in [5, 5.41) is 8.80. The minimum absolute atomic E-state index is 0.173. The molecule has 1 aliphatic rings. The molecule has 3 heterocycles. The van der Waals surface area contributed by atoms with Crippen LogP contribution in [0, 0.1) is 5.82 Å². The molecule has 0 aliphatic carbocycles. The molecule has 0 bridgehead atoms. The fourth-order valence-electron chi connectivity index (χ4n) is 3.01. The molecule has 6 nitrogen and oxygen atoms in total. The van der Waals surface area contributed by atoms with Gasteiger partial charge in [0.2, 0.25) is 10.0 Å². The van der Waals surface area contributed by atoms with E-state index in [0.29, 0.717) is 29.6 Å². The van der Waals surface area contributed by atoms with Gasteiger partial charge in [-0.15, -0.1) is 10.2 Å². The number of aromatic nitrogens is 3. The summed E-state index contributed by atoms with van der Waals surface area (Å²) >= 11 is 1.38. The molecule has 2 aromatic heterocycles. The highest BCUT2D eigenvalue weighted by molar-refractivity contribution is 7.98. The summed E-state index contributed by atoms with van der Waals surface area (Å²) in [6.45, 7) is 1.08. The van der Waals surface area contributed by atoms with Crippen LogP contribution < -0.4 is 0 Å². The lowest BCUT2D eigenvalue weighted by molar-refractivity contribution is 0.478. The van der Waals surface area contributed by atoms with Crippen LogP contribution in [0.1, 0.15) is 18.4 Å². The van der Waals surface area contributed by atoms with Gasteiger partial charge in [0.1, 0.15) is 10.7 Å². The molecule has 0 radical (unpaired) electrons. The van der Waals surface area contributed by atoms with Gasteiger partial charge in [-0.1, -0.05) is 23.9 Å². The number of rotatable bonds is 5. The fourth-order valence-corrected chi connectivity index (χ4v) is 5.51. The number of hydrogen-bond donors (Lipinski definition) is 0. The lowest BCUT2D eigenvalue weighted by Gasteiger charge is -2.15. The standard InChI is InChI=1S/C17H17FN4O2S2/c18-14-6-3-5-13(11-14)12-25-17-20-19-16-15(7-4-10-22(16)17)26(23,24)21-8-1-2-9-21/h3-7,10-11H,1-2,8-9,12H2. The number of benzene rings is 1. The number of nitrogens with zero attached hydrogens (tertiary/aromatic N) is 4. The van der Waals surface area contributed by atoms with Gasteiger partial charge >= 0.3 is 0 Å². The zero-order chi connectivity index (χ0) is 18.1. The van der Waals surface area contributed by atoms with Gasteiger partial charge in [-0.3, -0.25) is 4.40 Å². The van der Waals surface area contributed by atoms with E-state index in [4.69, 9.17) is 0 Å². The molecular weight excluding hydrogens is 375 g/mol. The summed E-state index contributed by atoms with van der Waals surface area (Å²) in [5.74, 6) is 0.231. The topological polar surface area (TPSA) is 67.6 Å². The maximum Gasteiger partial charge on any atom is 0.246 e. The van der Waals surface area contributed by atoms with E-state index in [9.17, 15) is 12.8 Å². The van der Waals surface area contributed by atoms with E-state index in [-0.39, 0.29) is 10.7 Å². The van der Waals surface area contributed by atoms with Crippen LogP contribution in [0.15, 0.2) is 52.6 Å². The van der Waals surface area contributed by atoms with Crippen molar-refractivity contribution in [2.24, 2.45) is 0 Å². The third-order valence-corrected chi connectivity index (χ3v) is 7.24. The van der Waals surface area contributed by atoms with Gasteiger partial charge in [-0.2, -0.15) is 4.31 Å². The summed E-state index contributed by atoms with van der Waals surface area (Å²) in [6.07, 6.45) is 3.50. The van der Waals surface area contributed by atoms with Crippen molar-refractivity contribution >= 4 is 27.4 Å². The molecule has 136 valence electrons. The maximum absolute atomic E-state index is 13.3. The van der Waals surface area contributed by atoms with Gasteiger partial charge in [0.15, 0.2) is 10.8 Å². The van der Waals surface area contributed by atoms with Gasteiger partial charge in [0.05, 0.1) is 0 Å². The number of fused-ring (bicyclic) bond motifs is 1. The molecule has 1 aromatic carbocycles. The zero-order valence-electron chi connectivity index (χ0n) is 13.9. The first kappa shape index (κ1) is 17.4. The molecule has 3 aromatic rings. The first-order valence-electron chi connectivity index (χ1n) is 8.27.